The topological polar surface area (TPSA) is 46.6 Å². The third-order valence-corrected chi connectivity index (χ3v) is 4.12. The lowest BCUT2D eigenvalue weighted by Crippen LogP contribution is -2.53. The van der Waals surface area contributed by atoms with Crippen LogP contribution in [0.3, 0.4) is 0 Å². The van der Waals surface area contributed by atoms with Crippen LogP contribution in [0.25, 0.3) is 0 Å². The molecule has 0 aromatic heterocycles. The lowest BCUT2D eigenvalue weighted by atomic mass is 9.71. The molecule has 0 unspecified atom stereocenters. The second-order valence-corrected chi connectivity index (χ2v) is 6.05. The molecule has 110 valence electrons. The highest BCUT2D eigenvalue weighted by atomic mass is 16.5. The first kappa shape index (κ1) is 16.0. The number of carbonyl (C=O) groups is 2. The molecule has 1 rings (SSSR count). The molecule has 4 heteroatoms. The normalized spacial score (nSPS) is 23.8. The fourth-order valence-electron chi connectivity index (χ4n) is 2.79. The number of carbonyl (C=O) groups excluding carboxylic acids is 2. The molecule has 1 amide bonds. The van der Waals surface area contributed by atoms with E-state index in [-0.39, 0.29) is 23.7 Å². The van der Waals surface area contributed by atoms with Crippen molar-refractivity contribution >= 4 is 11.9 Å². The first-order valence-corrected chi connectivity index (χ1v) is 7.31. The molecule has 4 nitrogen and oxygen atoms in total. The second kappa shape index (κ2) is 6.40. The largest absolute Gasteiger partial charge is 0.466 e. The Balaban J connectivity index is 2.93. The van der Waals surface area contributed by atoms with Crippen molar-refractivity contribution in [3.05, 3.63) is 0 Å². The summed E-state index contributed by atoms with van der Waals surface area (Å²) in [6.07, 6.45) is 1.68. The number of hydrogen-bond acceptors (Lipinski definition) is 3. The molecule has 0 radical (unpaired) electrons. The zero-order valence-electron chi connectivity index (χ0n) is 12.9. The number of esters is 1. The summed E-state index contributed by atoms with van der Waals surface area (Å²) in [5, 5.41) is 0. The van der Waals surface area contributed by atoms with Crippen LogP contribution in [0.2, 0.25) is 0 Å². The first-order chi connectivity index (χ1) is 8.85. The van der Waals surface area contributed by atoms with E-state index < -0.39 is 5.41 Å². The van der Waals surface area contributed by atoms with Gasteiger partial charge in [0, 0.05) is 19.0 Å². The van der Waals surface area contributed by atoms with E-state index >= 15 is 0 Å². The lowest BCUT2D eigenvalue weighted by molar-refractivity contribution is -0.165. The van der Waals surface area contributed by atoms with Crippen molar-refractivity contribution in [3.63, 3.8) is 0 Å². The van der Waals surface area contributed by atoms with E-state index in [4.69, 9.17) is 4.74 Å². The highest BCUT2D eigenvalue weighted by Gasteiger charge is 2.47. The van der Waals surface area contributed by atoms with Gasteiger partial charge in [0.15, 0.2) is 0 Å². The van der Waals surface area contributed by atoms with Gasteiger partial charge in [-0.15, -0.1) is 0 Å². The summed E-state index contributed by atoms with van der Waals surface area (Å²) in [6.45, 7) is 11.4. The minimum absolute atomic E-state index is 0.0230. The summed E-state index contributed by atoms with van der Waals surface area (Å²) in [5.74, 6) is 0.139. The second-order valence-electron chi connectivity index (χ2n) is 6.05. The molecule has 0 saturated carbocycles. The van der Waals surface area contributed by atoms with E-state index in [0.717, 1.165) is 19.4 Å². The number of ether oxygens (including phenoxy) is 1. The monoisotopic (exact) mass is 269 g/mol. The Kier molecular flexibility index (Phi) is 5.39. The average molecular weight is 269 g/mol. The van der Waals surface area contributed by atoms with Gasteiger partial charge in [0.1, 0.15) is 0 Å². The number of hydrogen-bond donors (Lipinski definition) is 0. The minimum Gasteiger partial charge on any atom is -0.466 e. The van der Waals surface area contributed by atoms with Crippen LogP contribution in [0.5, 0.6) is 0 Å². The van der Waals surface area contributed by atoms with Gasteiger partial charge in [-0.25, -0.2) is 0 Å². The molecular weight excluding hydrogens is 242 g/mol. The van der Waals surface area contributed by atoms with Crippen LogP contribution in [0.15, 0.2) is 0 Å². The van der Waals surface area contributed by atoms with Gasteiger partial charge in [0.2, 0.25) is 5.91 Å². The fraction of sp³-hybridized carbons (Fsp3) is 0.867. The number of likely N-dealkylation sites (tertiary alicyclic amines) is 1. The third-order valence-electron chi connectivity index (χ3n) is 4.12. The average Bonchev–Trinajstić information content (AvgIpc) is 2.37. The van der Waals surface area contributed by atoms with Gasteiger partial charge in [0.25, 0.3) is 0 Å². The van der Waals surface area contributed by atoms with Crippen molar-refractivity contribution in [2.24, 2.45) is 17.3 Å². The Morgan fingerprint density at radius 1 is 1.26 bits per heavy atom. The van der Waals surface area contributed by atoms with Crippen molar-refractivity contribution in [2.45, 2.75) is 47.5 Å². The van der Waals surface area contributed by atoms with Gasteiger partial charge in [0.05, 0.1) is 12.0 Å². The third kappa shape index (κ3) is 3.28. The molecule has 0 N–H and O–H groups in total. The minimum atomic E-state index is -0.529. The summed E-state index contributed by atoms with van der Waals surface area (Å²) in [7, 11) is 0. The van der Waals surface area contributed by atoms with Gasteiger partial charge in [-0.1, -0.05) is 27.7 Å². The zero-order chi connectivity index (χ0) is 14.6. The Morgan fingerprint density at radius 3 is 2.37 bits per heavy atom. The van der Waals surface area contributed by atoms with E-state index in [2.05, 4.69) is 0 Å². The first-order valence-electron chi connectivity index (χ1n) is 7.31. The van der Waals surface area contributed by atoms with Gasteiger partial charge >= 0.3 is 5.97 Å². The Morgan fingerprint density at radius 2 is 1.89 bits per heavy atom. The van der Waals surface area contributed by atoms with Gasteiger partial charge in [-0.3, -0.25) is 9.59 Å². The molecule has 0 aromatic carbocycles. The van der Waals surface area contributed by atoms with Crippen LogP contribution < -0.4 is 0 Å². The highest BCUT2D eigenvalue weighted by Crippen LogP contribution is 2.39. The van der Waals surface area contributed by atoms with Gasteiger partial charge in [-0.05, 0) is 25.7 Å². The molecule has 1 saturated heterocycles. The van der Waals surface area contributed by atoms with E-state index in [1.54, 1.807) is 0 Å². The maximum atomic E-state index is 12.3. The van der Waals surface area contributed by atoms with Crippen molar-refractivity contribution in [1.29, 1.82) is 0 Å². The predicted octanol–water partition coefficient (Wildman–Crippen LogP) is 2.47. The molecule has 1 heterocycles. The molecule has 1 aliphatic rings. The van der Waals surface area contributed by atoms with E-state index in [1.807, 2.05) is 39.5 Å². The molecule has 1 aliphatic heterocycles. The number of rotatable bonds is 4. The smallest absolute Gasteiger partial charge is 0.314 e. The molecule has 1 fully saturated rings. The van der Waals surface area contributed by atoms with Crippen LogP contribution in [-0.2, 0) is 14.3 Å². The number of amides is 1. The van der Waals surface area contributed by atoms with E-state index in [9.17, 15) is 9.59 Å². The predicted molar refractivity (Wildman–Crippen MR) is 74.6 cm³/mol. The maximum Gasteiger partial charge on any atom is 0.314 e. The molecule has 0 bridgehead atoms. The summed E-state index contributed by atoms with van der Waals surface area (Å²) in [5.41, 5.74) is -0.529. The summed E-state index contributed by atoms with van der Waals surface area (Å²) >= 11 is 0. The summed E-state index contributed by atoms with van der Waals surface area (Å²) in [6, 6.07) is 0. The Bertz CT molecular complexity index is 338. The van der Waals surface area contributed by atoms with Crippen LogP contribution in [0, 0.1) is 17.3 Å². The summed E-state index contributed by atoms with van der Waals surface area (Å²) < 4.78 is 5.26. The molecule has 0 aliphatic carbocycles. The van der Waals surface area contributed by atoms with Crippen LogP contribution in [-0.4, -0.2) is 36.5 Å². The fourth-order valence-corrected chi connectivity index (χ4v) is 2.79. The van der Waals surface area contributed by atoms with E-state index in [1.165, 1.54) is 0 Å². The van der Waals surface area contributed by atoms with Crippen LogP contribution in [0.1, 0.15) is 47.5 Å². The molecular formula is C15H27NO3. The van der Waals surface area contributed by atoms with Crippen molar-refractivity contribution < 1.29 is 14.3 Å². The van der Waals surface area contributed by atoms with Crippen LogP contribution >= 0.6 is 0 Å². The quantitative estimate of drug-likeness (QED) is 0.737. The van der Waals surface area contributed by atoms with E-state index in [0.29, 0.717) is 13.2 Å². The molecule has 1 atom stereocenters. The van der Waals surface area contributed by atoms with Crippen LogP contribution in [0.4, 0.5) is 0 Å². The Labute approximate surface area is 116 Å². The zero-order valence-corrected chi connectivity index (χ0v) is 12.9. The molecule has 19 heavy (non-hydrogen) atoms. The highest BCUT2D eigenvalue weighted by molar-refractivity contribution is 5.81. The van der Waals surface area contributed by atoms with Crippen molar-refractivity contribution in [3.8, 4) is 0 Å². The SMILES string of the molecule is CCOC(=O)[C@@]1(C(C)C)CCCN(C(=O)C(C)C)C1. The summed E-state index contributed by atoms with van der Waals surface area (Å²) in [4.78, 5) is 26.3. The van der Waals surface area contributed by atoms with Crippen molar-refractivity contribution in [2.75, 3.05) is 19.7 Å². The maximum absolute atomic E-state index is 12.3. The lowest BCUT2D eigenvalue weighted by Gasteiger charge is -2.44. The van der Waals surface area contributed by atoms with Gasteiger partial charge < -0.3 is 9.64 Å². The Hall–Kier alpha value is -1.06. The molecule has 0 aromatic rings. The van der Waals surface area contributed by atoms with Crippen molar-refractivity contribution in [1.82, 2.24) is 4.90 Å². The number of piperidine rings is 1. The standard InChI is InChI=1S/C15H27NO3/c1-6-19-14(18)15(12(4)5)8-7-9-16(10-15)13(17)11(2)3/h11-12H,6-10H2,1-5H3/t15-/m0/s1. The van der Waals surface area contributed by atoms with Gasteiger partial charge in [-0.2, -0.15) is 0 Å². The number of nitrogens with zero attached hydrogens (tertiary/aromatic N) is 1. The molecule has 0 spiro atoms.